The second-order valence-corrected chi connectivity index (χ2v) is 4.65. The van der Waals surface area contributed by atoms with E-state index in [4.69, 9.17) is 10.6 Å². The van der Waals surface area contributed by atoms with Crippen LogP contribution in [0.25, 0.3) is 11.3 Å². The molecule has 7 heteroatoms. The van der Waals surface area contributed by atoms with Crippen LogP contribution in [0.15, 0.2) is 36.7 Å². The summed E-state index contributed by atoms with van der Waals surface area (Å²) >= 11 is 1.60. The molecular weight excluding hydrogens is 276 g/mol. The number of benzene rings is 1. The zero-order chi connectivity index (χ0) is 14.4. The van der Waals surface area contributed by atoms with Crippen LogP contribution in [0.1, 0.15) is 10.5 Å². The third-order valence-corrected chi connectivity index (χ3v) is 2.85. The average Bonchev–Trinajstić information content (AvgIpc) is 2.52. The van der Waals surface area contributed by atoms with Gasteiger partial charge in [0.15, 0.2) is 0 Å². The number of carbonyl (C=O) groups is 1. The van der Waals surface area contributed by atoms with Crippen molar-refractivity contribution in [2.45, 2.75) is 0 Å². The number of hydrogen-bond acceptors (Lipinski definition) is 6. The van der Waals surface area contributed by atoms with Crippen molar-refractivity contribution in [1.82, 2.24) is 15.4 Å². The minimum absolute atomic E-state index is 0.174. The Hall–Kier alpha value is -2.12. The first-order valence-corrected chi connectivity index (χ1v) is 7.19. The van der Waals surface area contributed by atoms with Crippen molar-refractivity contribution >= 4 is 17.7 Å². The lowest BCUT2D eigenvalue weighted by molar-refractivity contribution is 0.0948. The molecule has 2 aromatic rings. The predicted octanol–water partition coefficient (Wildman–Crippen LogP) is 1.45. The number of ether oxygens (including phenoxy) is 1. The Morgan fingerprint density at radius 3 is 2.75 bits per heavy atom. The van der Waals surface area contributed by atoms with E-state index in [0.29, 0.717) is 11.6 Å². The van der Waals surface area contributed by atoms with E-state index in [0.717, 1.165) is 11.3 Å². The zero-order valence-electron chi connectivity index (χ0n) is 10.9. The Morgan fingerprint density at radius 1 is 1.35 bits per heavy atom. The van der Waals surface area contributed by atoms with E-state index in [-0.39, 0.29) is 5.69 Å². The number of nitrogens with one attached hydrogen (secondary N) is 1. The van der Waals surface area contributed by atoms with Crippen molar-refractivity contribution in [3.05, 3.63) is 42.4 Å². The molecule has 1 heterocycles. The standard InChI is InChI=1S/C13H14N4O2S/c1-20-8-19-10-4-2-9(3-5-10)11-6-15-7-12(16-11)13(18)17-14/h2-7H,8,14H2,1H3,(H,17,18). The van der Waals surface area contributed by atoms with Crippen LogP contribution in [0, 0.1) is 0 Å². The van der Waals surface area contributed by atoms with E-state index in [1.54, 1.807) is 18.0 Å². The van der Waals surface area contributed by atoms with Gasteiger partial charge in [-0.05, 0) is 30.5 Å². The molecule has 0 fully saturated rings. The van der Waals surface area contributed by atoms with Gasteiger partial charge >= 0.3 is 0 Å². The highest BCUT2D eigenvalue weighted by molar-refractivity contribution is 7.98. The van der Waals surface area contributed by atoms with Crippen molar-refractivity contribution < 1.29 is 9.53 Å². The summed E-state index contributed by atoms with van der Waals surface area (Å²) in [4.78, 5) is 19.6. The molecule has 2 rings (SSSR count). The molecule has 0 spiro atoms. The fourth-order valence-electron chi connectivity index (χ4n) is 1.54. The van der Waals surface area contributed by atoms with Gasteiger partial charge in [-0.25, -0.2) is 10.8 Å². The summed E-state index contributed by atoms with van der Waals surface area (Å²) in [5.74, 6) is 5.99. The number of hydrogen-bond donors (Lipinski definition) is 2. The maximum atomic E-state index is 11.4. The normalized spacial score (nSPS) is 10.1. The van der Waals surface area contributed by atoms with E-state index in [9.17, 15) is 4.79 Å². The molecule has 0 atom stereocenters. The fraction of sp³-hybridized carbons (Fsp3) is 0.154. The second-order valence-electron chi connectivity index (χ2n) is 3.84. The van der Waals surface area contributed by atoms with Crippen molar-refractivity contribution in [1.29, 1.82) is 0 Å². The van der Waals surface area contributed by atoms with Crippen LogP contribution in [-0.4, -0.2) is 28.1 Å². The number of nitrogen functional groups attached to an aromatic ring is 1. The molecule has 104 valence electrons. The summed E-state index contributed by atoms with van der Waals surface area (Å²) in [6.45, 7) is 0. The molecule has 1 amide bonds. The van der Waals surface area contributed by atoms with Gasteiger partial charge < -0.3 is 4.74 Å². The van der Waals surface area contributed by atoms with Crippen molar-refractivity contribution in [3.8, 4) is 17.0 Å². The van der Waals surface area contributed by atoms with Crippen LogP contribution in [0.5, 0.6) is 5.75 Å². The third-order valence-electron chi connectivity index (χ3n) is 2.49. The molecule has 0 radical (unpaired) electrons. The Kier molecular flexibility index (Phi) is 4.91. The molecule has 0 saturated carbocycles. The van der Waals surface area contributed by atoms with Gasteiger partial charge in [0.05, 0.1) is 18.1 Å². The van der Waals surface area contributed by atoms with E-state index in [2.05, 4.69) is 9.97 Å². The summed E-state index contributed by atoms with van der Waals surface area (Å²) in [5, 5.41) is 0. The van der Waals surface area contributed by atoms with Crippen LogP contribution in [0.4, 0.5) is 0 Å². The van der Waals surface area contributed by atoms with Gasteiger partial charge in [0.2, 0.25) is 0 Å². The number of aromatic nitrogens is 2. The lowest BCUT2D eigenvalue weighted by atomic mass is 10.1. The van der Waals surface area contributed by atoms with E-state index < -0.39 is 5.91 Å². The summed E-state index contributed by atoms with van der Waals surface area (Å²) in [6.07, 6.45) is 4.92. The SMILES string of the molecule is CSCOc1ccc(-c2cncc(C(=O)NN)n2)cc1. The lowest BCUT2D eigenvalue weighted by Crippen LogP contribution is -2.30. The lowest BCUT2D eigenvalue weighted by Gasteiger charge is -2.06. The molecular formula is C13H14N4O2S. The minimum Gasteiger partial charge on any atom is -0.483 e. The number of nitrogens with zero attached hydrogens (tertiary/aromatic N) is 2. The number of hydrazine groups is 1. The molecule has 0 bridgehead atoms. The highest BCUT2D eigenvalue weighted by Gasteiger charge is 2.08. The molecule has 1 aromatic carbocycles. The topological polar surface area (TPSA) is 90.1 Å². The summed E-state index contributed by atoms with van der Waals surface area (Å²) in [6, 6.07) is 7.43. The summed E-state index contributed by atoms with van der Waals surface area (Å²) < 4.78 is 5.47. The van der Waals surface area contributed by atoms with Gasteiger partial charge in [-0.1, -0.05) is 0 Å². The number of rotatable bonds is 5. The van der Waals surface area contributed by atoms with Gasteiger partial charge in [-0.3, -0.25) is 15.2 Å². The first kappa shape index (κ1) is 14.3. The molecule has 6 nitrogen and oxygen atoms in total. The highest BCUT2D eigenvalue weighted by Crippen LogP contribution is 2.20. The zero-order valence-corrected chi connectivity index (χ0v) is 11.7. The van der Waals surface area contributed by atoms with Gasteiger partial charge in [0, 0.05) is 5.56 Å². The molecule has 3 N–H and O–H groups in total. The van der Waals surface area contributed by atoms with Crippen LogP contribution >= 0.6 is 11.8 Å². The molecule has 0 aliphatic rings. The number of carbonyl (C=O) groups excluding carboxylic acids is 1. The van der Waals surface area contributed by atoms with Crippen LogP contribution in [-0.2, 0) is 0 Å². The highest BCUT2D eigenvalue weighted by atomic mass is 32.2. The second kappa shape index (κ2) is 6.88. The van der Waals surface area contributed by atoms with Crippen molar-refractivity contribution in [2.75, 3.05) is 12.2 Å². The molecule has 0 unspecified atom stereocenters. The minimum atomic E-state index is -0.473. The summed E-state index contributed by atoms with van der Waals surface area (Å²) in [7, 11) is 0. The van der Waals surface area contributed by atoms with Gasteiger partial charge in [-0.15, -0.1) is 11.8 Å². The summed E-state index contributed by atoms with van der Waals surface area (Å²) in [5.41, 5.74) is 3.65. The number of amides is 1. The van der Waals surface area contributed by atoms with E-state index >= 15 is 0 Å². The van der Waals surface area contributed by atoms with Gasteiger partial charge in [0.25, 0.3) is 5.91 Å². The number of nitrogens with two attached hydrogens (primary N) is 1. The van der Waals surface area contributed by atoms with Gasteiger partial charge in [0.1, 0.15) is 17.4 Å². The molecule has 20 heavy (non-hydrogen) atoms. The quantitative estimate of drug-likeness (QED) is 0.375. The Bertz CT molecular complexity index is 589. The van der Waals surface area contributed by atoms with Crippen molar-refractivity contribution in [3.63, 3.8) is 0 Å². The molecule has 0 aliphatic heterocycles. The smallest absolute Gasteiger partial charge is 0.285 e. The monoisotopic (exact) mass is 290 g/mol. The Morgan fingerprint density at radius 2 is 2.10 bits per heavy atom. The number of thioether (sulfide) groups is 1. The van der Waals surface area contributed by atoms with E-state index in [1.807, 2.05) is 35.9 Å². The largest absolute Gasteiger partial charge is 0.483 e. The van der Waals surface area contributed by atoms with Crippen LogP contribution < -0.4 is 16.0 Å². The molecule has 1 aromatic heterocycles. The Balaban J connectivity index is 2.21. The third kappa shape index (κ3) is 3.46. The fourth-order valence-corrected chi connectivity index (χ4v) is 1.79. The van der Waals surface area contributed by atoms with Gasteiger partial charge in [-0.2, -0.15) is 0 Å². The van der Waals surface area contributed by atoms with Crippen LogP contribution in [0.3, 0.4) is 0 Å². The maximum absolute atomic E-state index is 11.4. The maximum Gasteiger partial charge on any atom is 0.285 e. The van der Waals surface area contributed by atoms with Crippen molar-refractivity contribution in [2.24, 2.45) is 5.84 Å². The molecule has 0 saturated heterocycles. The molecule has 0 aliphatic carbocycles. The first-order chi connectivity index (χ1) is 9.74. The Labute approximate surface area is 120 Å². The first-order valence-electron chi connectivity index (χ1n) is 5.79. The van der Waals surface area contributed by atoms with E-state index in [1.165, 1.54) is 6.20 Å². The average molecular weight is 290 g/mol. The van der Waals surface area contributed by atoms with Crippen LogP contribution in [0.2, 0.25) is 0 Å². The predicted molar refractivity (Wildman–Crippen MR) is 78.1 cm³/mol.